The van der Waals surface area contributed by atoms with Crippen LogP contribution >= 0.6 is 0 Å². The fraction of sp³-hybridized carbons (Fsp3) is 0.588. The van der Waals surface area contributed by atoms with Gasteiger partial charge in [-0.05, 0) is 39.1 Å². The number of amides is 1. The molecule has 1 aromatic rings. The molecule has 1 amide bonds. The zero-order chi connectivity index (χ0) is 17.0. The minimum atomic E-state index is -0.602. The summed E-state index contributed by atoms with van der Waals surface area (Å²) in [7, 11) is 3.47. The molecule has 1 N–H and O–H groups in total. The molecule has 128 valence electrons. The van der Waals surface area contributed by atoms with Crippen LogP contribution in [0.25, 0.3) is 0 Å². The van der Waals surface area contributed by atoms with E-state index in [1.54, 1.807) is 19.0 Å². The van der Waals surface area contributed by atoms with Crippen LogP contribution in [0.3, 0.4) is 0 Å². The second-order valence-electron chi connectivity index (χ2n) is 6.50. The van der Waals surface area contributed by atoms with Gasteiger partial charge in [0.05, 0.1) is 11.5 Å². The molecule has 0 aliphatic carbocycles. The second kappa shape index (κ2) is 7.36. The first-order valence-electron chi connectivity index (χ1n) is 7.81. The van der Waals surface area contributed by atoms with Crippen molar-refractivity contribution in [1.82, 2.24) is 10.2 Å². The zero-order valence-corrected chi connectivity index (χ0v) is 13.9. The molecular weight excluding hydrogens is 302 g/mol. The molecule has 1 fully saturated rings. The SMILES string of the molecule is CN(C)C(CNC(=O)C1(C)CCOCC1)c1c(F)cccc1F. The van der Waals surface area contributed by atoms with Crippen LogP contribution in [0.2, 0.25) is 0 Å². The van der Waals surface area contributed by atoms with Crippen LogP contribution in [-0.2, 0) is 9.53 Å². The average Bonchev–Trinajstić information content (AvgIpc) is 2.50. The van der Waals surface area contributed by atoms with Gasteiger partial charge in [0.1, 0.15) is 11.6 Å². The Labute approximate surface area is 135 Å². The predicted octanol–water partition coefficient (Wildman–Crippen LogP) is 2.50. The van der Waals surface area contributed by atoms with E-state index < -0.39 is 23.1 Å². The minimum Gasteiger partial charge on any atom is -0.381 e. The van der Waals surface area contributed by atoms with E-state index in [1.807, 2.05) is 6.92 Å². The third-order valence-corrected chi connectivity index (χ3v) is 4.56. The van der Waals surface area contributed by atoms with Gasteiger partial charge in [0.15, 0.2) is 0 Å². The van der Waals surface area contributed by atoms with E-state index in [4.69, 9.17) is 4.74 Å². The molecule has 0 radical (unpaired) electrons. The summed E-state index contributed by atoms with van der Waals surface area (Å²) in [5, 5.41) is 2.86. The molecule has 2 rings (SSSR count). The van der Waals surface area contributed by atoms with Crippen molar-refractivity contribution < 1.29 is 18.3 Å². The molecule has 0 aromatic heterocycles. The molecule has 0 spiro atoms. The van der Waals surface area contributed by atoms with Crippen molar-refractivity contribution in [3.8, 4) is 0 Å². The Morgan fingerprint density at radius 1 is 1.30 bits per heavy atom. The minimum absolute atomic E-state index is 0.0186. The van der Waals surface area contributed by atoms with Crippen molar-refractivity contribution >= 4 is 5.91 Å². The van der Waals surface area contributed by atoms with Crippen LogP contribution in [0.15, 0.2) is 18.2 Å². The Bertz CT molecular complexity index is 537. The number of carbonyl (C=O) groups excluding carboxylic acids is 1. The van der Waals surface area contributed by atoms with Gasteiger partial charge in [0.2, 0.25) is 5.91 Å². The Hall–Kier alpha value is -1.53. The smallest absolute Gasteiger partial charge is 0.226 e. The van der Waals surface area contributed by atoms with Crippen molar-refractivity contribution in [3.05, 3.63) is 35.4 Å². The number of rotatable bonds is 5. The molecule has 1 atom stereocenters. The van der Waals surface area contributed by atoms with Gasteiger partial charge in [0.25, 0.3) is 0 Å². The summed E-state index contributed by atoms with van der Waals surface area (Å²) in [6.45, 7) is 3.17. The maximum Gasteiger partial charge on any atom is 0.226 e. The highest BCUT2D eigenvalue weighted by atomic mass is 19.1. The molecular formula is C17H24F2N2O2. The van der Waals surface area contributed by atoms with E-state index in [-0.39, 0.29) is 18.0 Å². The topological polar surface area (TPSA) is 41.6 Å². The number of ether oxygens (including phenoxy) is 1. The fourth-order valence-corrected chi connectivity index (χ4v) is 2.82. The van der Waals surface area contributed by atoms with E-state index in [0.717, 1.165) is 0 Å². The number of carbonyl (C=O) groups is 1. The van der Waals surface area contributed by atoms with E-state index >= 15 is 0 Å². The number of benzene rings is 1. The quantitative estimate of drug-likeness (QED) is 0.904. The van der Waals surface area contributed by atoms with E-state index in [9.17, 15) is 13.6 Å². The molecule has 6 heteroatoms. The average molecular weight is 326 g/mol. The van der Waals surface area contributed by atoms with Crippen molar-refractivity contribution in [2.24, 2.45) is 5.41 Å². The number of likely N-dealkylation sites (N-methyl/N-ethyl adjacent to an activating group) is 1. The summed E-state index contributed by atoms with van der Waals surface area (Å²) in [4.78, 5) is 14.2. The monoisotopic (exact) mass is 326 g/mol. The molecule has 1 saturated heterocycles. The number of nitrogens with one attached hydrogen (secondary N) is 1. The maximum atomic E-state index is 14.0. The zero-order valence-electron chi connectivity index (χ0n) is 13.9. The summed E-state index contributed by atoms with van der Waals surface area (Å²) in [6, 6.07) is 3.24. The first-order valence-corrected chi connectivity index (χ1v) is 7.81. The van der Waals surface area contributed by atoms with Crippen LogP contribution in [-0.4, -0.2) is 44.7 Å². The van der Waals surface area contributed by atoms with E-state index in [1.165, 1.54) is 18.2 Å². The number of halogens is 2. The number of hydrogen-bond donors (Lipinski definition) is 1. The molecule has 1 aliphatic heterocycles. The van der Waals surface area contributed by atoms with Gasteiger partial charge in [-0.3, -0.25) is 4.79 Å². The summed E-state index contributed by atoms with van der Waals surface area (Å²) in [5.41, 5.74) is -0.502. The lowest BCUT2D eigenvalue weighted by Gasteiger charge is -2.33. The molecule has 1 heterocycles. The van der Waals surface area contributed by atoms with Gasteiger partial charge >= 0.3 is 0 Å². The van der Waals surface area contributed by atoms with Crippen LogP contribution in [0.5, 0.6) is 0 Å². The van der Waals surface area contributed by atoms with Gasteiger partial charge in [-0.2, -0.15) is 0 Å². The van der Waals surface area contributed by atoms with Crippen molar-refractivity contribution in [2.45, 2.75) is 25.8 Å². The highest BCUT2D eigenvalue weighted by Gasteiger charge is 2.35. The Balaban J connectivity index is 2.10. The van der Waals surface area contributed by atoms with Crippen LogP contribution in [0.4, 0.5) is 8.78 Å². The first kappa shape index (κ1) is 17.8. The lowest BCUT2D eigenvalue weighted by Crippen LogP contribution is -2.45. The summed E-state index contributed by atoms with van der Waals surface area (Å²) in [6.07, 6.45) is 1.30. The van der Waals surface area contributed by atoms with Crippen molar-refractivity contribution in [2.75, 3.05) is 33.9 Å². The molecule has 4 nitrogen and oxygen atoms in total. The van der Waals surface area contributed by atoms with Crippen molar-refractivity contribution in [3.63, 3.8) is 0 Å². The molecule has 23 heavy (non-hydrogen) atoms. The summed E-state index contributed by atoms with van der Waals surface area (Å²) >= 11 is 0. The predicted molar refractivity (Wildman–Crippen MR) is 84.0 cm³/mol. The molecule has 1 aliphatic rings. The Kier molecular flexibility index (Phi) is 5.70. The van der Waals surface area contributed by atoms with Gasteiger partial charge in [-0.15, -0.1) is 0 Å². The molecule has 1 aromatic carbocycles. The Morgan fingerprint density at radius 3 is 2.39 bits per heavy atom. The lowest BCUT2D eigenvalue weighted by molar-refractivity contribution is -0.135. The molecule has 0 saturated carbocycles. The van der Waals surface area contributed by atoms with E-state index in [2.05, 4.69) is 5.32 Å². The lowest BCUT2D eigenvalue weighted by atomic mass is 9.81. The normalized spacial score (nSPS) is 18.7. The molecule has 1 unspecified atom stereocenters. The number of hydrogen-bond acceptors (Lipinski definition) is 3. The van der Waals surface area contributed by atoms with Crippen LogP contribution in [0.1, 0.15) is 31.4 Å². The van der Waals surface area contributed by atoms with Gasteiger partial charge in [0, 0.05) is 25.3 Å². The highest BCUT2D eigenvalue weighted by Crippen LogP contribution is 2.30. The molecule has 0 bridgehead atoms. The largest absolute Gasteiger partial charge is 0.381 e. The van der Waals surface area contributed by atoms with Gasteiger partial charge in [-0.1, -0.05) is 13.0 Å². The first-order chi connectivity index (χ1) is 10.8. The van der Waals surface area contributed by atoms with Crippen LogP contribution < -0.4 is 5.32 Å². The second-order valence-corrected chi connectivity index (χ2v) is 6.50. The maximum absolute atomic E-state index is 14.0. The standard InChI is InChI=1S/C17H24F2N2O2/c1-17(7-9-23-10-8-17)16(22)20-11-14(21(2)3)15-12(18)5-4-6-13(15)19/h4-6,14H,7-11H2,1-3H3,(H,20,22). The highest BCUT2D eigenvalue weighted by molar-refractivity contribution is 5.82. The van der Waals surface area contributed by atoms with E-state index in [0.29, 0.717) is 26.1 Å². The number of nitrogens with zero attached hydrogens (tertiary/aromatic N) is 1. The third-order valence-electron chi connectivity index (χ3n) is 4.56. The van der Waals surface area contributed by atoms with Gasteiger partial charge in [-0.25, -0.2) is 8.78 Å². The van der Waals surface area contributed by atoms with Crippen molar-refractivity contribution in [1.29, 1.82) is 0 Å². The van der Waals surface area contributed by atoms with Crippen LogP contribution in [0, 0.1) is 17.0 Å². The summed E-state index contributed by atoms with van der Waals surface area (Å²) in [5.74, 6) is -1.30. The fourth-order valence-electron chi connectivity index (χ4n) is 2.82. The summed E-state index contributed by atoms with van der Waals surface area (Å²) < 4.78 is 33.3. The third kappa shape index (κ3) is 4.06. The van der Waals surface area contributed by atoms with Gasteiger partial charge < -0.3 is 15.0 Å². The Morgan fingerprint density at radius 2 is 1.87 bits per heavy atom.